The lowest BCUT2D eigenvalue weighted by Crippen LogP contribution is -2.29. The summed E-state index contributed by atoms with van der Waals surface area (Å²) >= 11 is 0. The standard InChI is InChI=1S/C42H50N2O4/c1-27-15-18-33(23-28(27)2)35-24-29-11-10-14-32-20-17-30(12-9-13-31(35)19-16-29)25-36(32)34-21-22-37(43-39(45)47-41(3,4)5)38(26-34)44-40(46)48-42(6,7)8/h15-26H,9-14H2,1-8H3,(H,43,45)(H,44,46). The summed E-state index contributed by atoms with van der Waals surface area (Å²) in [5, 5.41) is 5.68. The fourth-order valence-electron chi connectivity index (χ4n) is 6.16. The minimum Gasteiger partial charge on any atom is -0.444 e. The summed E-state index contributed by atoms with van der Waals surface area (Å²) in [6.45, 7) is 15.2. The molecule has 6 nitrogen and oxygen atoms in total. The van der Waals surface area contributed by atoms with Crippen molar-refractivity contribution in [3.8, 4) is 22.3 Å². The Balaban J connectivity index is 1.46. The van der Waals surface area contributed by atoms with Crippen LogP contribution in [-0.2, 0) is 35.2 Å². The van der Waals surface area contributed by atoms with Gasteiger partial charge in [-0.05, 0) is 162 Å². The van der Waals surface area contributed by atoms with E-state index >= 15 is 0 Å². The average Bonchev–Trinajstić information content (AvgIpc) is 2.98. The van der Waals surface area contributed by atoms with Crippen molar-refractivity contribution in [1.82, 2.24) is 0 Å². The maximum absolute atomic E-state index is 12.9. The Morgan fingerprint density at radius 3 is 1.52 bits per heavy atom. The van der Waals surface area contributed by atoms with Crippen LogP contribution in [0.25, 0.3) is 22.3 Å². The molecule has 252 valence electrons. The number of aryl methyl sites for hydroxylation is 6. The molecule has 6 heteroatoms. The molecule has 8 rings (SSSR count). The van der Waals surface area contributed by atoms with Crippen molar-refractivity contribution in [1.29, 1.82) is 0 Å². The number of benzene rings is 4. The maximum atomic E-state index is 12.9. The zero-order chi connectivity index (χ0) is 34.6. The molecule has 4 aromatic carbocycles. The van der Waals surface area contributed by atoms with Crippen molar-refractivity contribution < 1.29 is 19.1 Å². The van der Waals surface area contributed by atoms with Gasteiger partial charge in [0.15, 0.2) is 0 Å². The summed E-state index contributed by atoms with van der Waals surface area (Å²) in [7, 11) is 0. The molecule has 0 saturated heterocycles. The number of hydrogen-bond acceptors (Lipinski definition) is 4. The lowest BCUT2D eigenvalue weighted by atomic mass is 9.88. The maximum Gasteiger partial charge on any atom is 0.412 e. The molecule has 0 atom stereocenters. The first-order valence-corrected chi connectivity index (χ1v) is 17.1. The molecule has 0 aromatic heterocycles. The van der Waals surface area contributed by atoms with E-state index in [0.717, 1.165) is 49.7 Å². The predicted molar refractivity (Wildman–Crippen MR) is 197 cm³/mol. The van der Waals surface area contributed by atoms with Crippen LogP contribution in [0.3, 0.4) is 0 Å². The van der Waals surface area contributed by atoms with Crippen molar-refractivity contribution >= 4 is 23.6 Å². The normalized spacial score (nSPS) is 13.5. The molecule has 2 N–H and O–H groups in total. The first-order valence-electron chi connectivity index (χ1n) is 17.1. The number of carbonyl (C=O) groups is 2. The highest BCUT2D eigenvalue weighted by Gasteiger charge is 2.21. The van der Waals surface area contributed by atoms with Crippen LogP contribution in [0.5, 0.6) is 0 Å². The smallest absolute Gasteiger partial charge is 0.412 e. The molecule has 0 fully saturated rings. The van der Waals surface area contributed by atoms with E-state index in [1.165, 1.54) is 44.5 Å². The molecule has 0 saturated carbocycles. The number of amides is 2. The van der Waals surface area contributed by atoms with Gasteiger partial charge in [-0.3, -0.25) is 10.6 Å². The Morgan fingerprint density at radius 1 is 0.542 bits per heavy atom. The van der Waals surface area contributed by atoms with Gasteiger partial charge in [-0.25, -0.2) is 9.59 Å². The van der Waals surface area contributed by atoms with E-state index in [-0.39, 0.29) is 0 Å². The molecular formula is C42H50N2O4. The summed E-state index contributed by atoms with van der Waals surface area (Å²) in [5.41, 5.74) is 12.2. The summed E-state index contributed by atoms with van der Waals surface area (Å²) < 4.78 is 11.1. The fourth-order valence-corrected chi connectivity index (χ4v) is 6.16. The molecule has 4 bridgehead atoms. The van der Waals surface area contributed by atoms with Crippen molar-refractivity contribution in [2.24, 2.45) is 0 Å². The number of ether oxygens (including phenoxy) is 2. The molecule has 0 unspecified atom stereocenters. The number of hydrogen-bond donors (Lipinski definition) is 2. The highest BCUT2D eigenvalue weighted by molar-refractivity contribution is 5.97. The summed E-state index contributed by atoms with van der Waals surface area (Å²) in [6, 6.07) is 26.4. The third-order valence-electron chi connectivity index (χ3n) is 8.59. The molecule has 0 heterocycles. The Morgan fingerprint density at radius 2 is 1.02 bits per heavy atom. The van der Waals surface area contributed by atoms with E-state index in [4.69, 9.17) is 9.47 Å². The Kier molecular flexibility index (Phi) is 10.3. The second-order valence-corrected chi connectivity index (χ2v) is 15.0. The van der Waals surface area contributed by atoms with E-state index in [0.29, 0.717) is 11.4 Å². The number of anilines is 2. The highest BCUT2D eigenvalue weighted by atomic mass is 16.6. The number of carbonyl (C=O) groups excluding carboxylic acids is 2. The topological polar surface area (TPSA) is 76.7 Å². The monoisotopic (exact) mass is 646 g/mol. The van der Waals surface area contributed by atoms with Gasteiger partial charge in [0, 0.05) is 0 Å². The molecule has 0 spiro atoms. The summed E-state index contributed by atoms with van der Waals surface area (Å²) in [4.78, 5) is 25.6. The minimum atomic E-state index is -0.676. The molecular weight excluding hydrogens is 596 g/mol. The second kappa shape index (κ2) is 14.3. The van der Waals surface area contributed by atoms with Gasteiger partial charge in [-0.2, -0.15) is 0 Å². The van der Waals surface area contributed by atoms with Gasteiger partial charge < -0.3 is 9.47 Å². The van der Waals surface area contributed by atoms with Gasteiger partial charge in [0.05, 0.1) is 11.4 Å². The van der Waals surface area contributed by atoms with Crippen molar-refractivity contribution in [3.63, 3.8) is 0 Å². The first kappa shape index (κ1) is 34.7. The third-order valence-corrected chi connectivity index (χ3v) is 8.59. The second-order valence-electron chi connectivity index (χ2n) is 15.0. The van der Waals surface area contributed by atoms with Crippen molar-refractivity contribution in [2.45, 2.75) is 105 Å². The minimum absolute atomic E-state index is 0.432. The lowest BCUT2D eigenvalue weighted by molar-refractivity contribution is 0.0621. The van der Waals surface area contributed by atoms with E-state index in [1.54, 1.807) is 0 Å². The summed E-state index contributed by atoms with van der Waals surface area (Å²) in [6.07, 6.45) is 4.66. The van der Waals surface area contributed by atoms with Crippen LogP contribution in [0.2, 0.25) is 0 Å². The zero-order valence-electron chi connectivity index (χ0n) is 29.8. The van der Waals surface area contributed by atoms with Crippen LogP contribution >= 0.6 is 0 Å². The Hall–Kier alpha value is -4.58. The van der Waals surface area contributed by atoms with Crippen LogP contribution in [-0.4, -0.2) is 23.4 Å². The number of nitrogens with one attached hydrogen (secondary N) is 2. The van der Waals surface area contributed by atoms with Gasteiger partial charge in [0.2, 0.25) is 0 Å². The lowest BCUT2D eigenvalue weighted by Gasteiger charge is -2.23. The Labute approximate surface area is 286 Å². The molecule has 2 amide bonds. The van der Waals surface area contributed by atoms with E-state index in [2.05, 4.69) is 79.1 Å². The van der Waals surface area contributed by atoms with Crippen LogP contribution in [0.1, 0.15) is 87.8 Å². The van der Waals surface area contributed by atoms with Gasteiger partial charge in [-0.15, -0.1) is 0 Å². The van der Waals surface area contributed by atoms with E-state index in [1.807, 2.05) is 59.7 Å². The molecule has 4 aliphatic rings. The van der Waals surface area contributed by atoms with Crippen LogP contribution in [0, 0.1) is 13.8 Å². The van der Waals surface area contributed by atoms with Crippen LogP contribution in [0.15, 0.2) is 72.8 Å². The zero-order valence-corrected chi connectivity index (χ0v) is 29.8. The van der Waals surface area contributed by atoms with E-state index < -0.39 is 23.4 Å². The van der Waals surface area contributed by atoms with Crippen molar-refractivity contribution in [2.75, 3.05) is 10.6 Å². The SMILES string of the molecule is Cc1ccc(-c2cc3ccc2CCCc2ccc(c(-c4ccc(NC(=O)OC(C)(C)C)c(NC(=O)OC(C)(C)C)c4)c2)CCC3)cc1C. The number of rotatable bonds is 4. The highest BCUT2D eigenvalue weighted by Crippen LogP contribution is 2.35. The largest absolute Gasteiger partial charge is 0.444 e. The fraction of sp³-hybridized carbons (Fsp3) is 0.381. The molecule has 48 heavy (non-hydrogen) atoms. The van der Waals surface area contributed by atoms with Crippen molar-refractivity contribution in [3.05, 3.63) is 106 Å². The third kappa shape index (κ3) is 9.27. The van der Waals surface area contributed by atoms with Gasteiger partial charge in [0.25, 0.3) is 0 Å². The summed E-state index contributed by atoms with van der Waals surface area (Å²) in [5.74, 6) is 0. The molecule has 0 radical (unpaired) electrons. The van der Waals surface area contributed by atoms with Gasteiger partial charge >= 0.3 is 12.2 Å². The predicted octanol–water partition coefficient (Wildman–Crippen LogP) is 11.0. The van der Waals surface area contributed by atoms with Crippen LogP contribution < -0.4 is 10.6 Å². The van der Waals surface area contributed by atoms with Crippen LogP contribution in [0.4, 0.5) is 21.0 Å². The van der Waals surface area contributed by atoms with Gasteiger partial charge in [0.1, 0.15) is 11.2 Å². The molecule has 0 aliphatic heterocycles. The average molecular weight is 647 g/mol. The molecule has 4 aromatic rings. The quantitative estimate of drug-likeness (QED) is 0.231. The van der Waals surface area contributed by atoms with Gasteiger partial charge in [-0.1, -0.05) is 60.7 Å². The molecule has 4 aliphatic carbocycles. The Bertz CT molecular complexity index is 1810. The first-order chi connectivity index (χ1) is 22.6. The van der Waals surface area contributed by atoms with E-state index in [9.17, 15) is 9.59 Å².